The number of azo groups is 1. The van der Waals surface area contributed by atoms with Gasteiger partial charge in [0, 0.05) is 24.2 Å². The number of nitrogens with one attached hydrogen (secondary N) is 2. The Morgan fingerprint density at radius 2 is 2.00 bits per heavy atom. The Hall–Kier alpha value is -5.16. The number of nitriles is 1. The summed E-state index contributed by atoms with van der Waals surface area (Å²) in [6.45, 7) is 7.85. The Labute approximate surface area is 259 Å². The van der Waals surface area contributed by atoms with E-state index in [0.717, 1.165) is 12.8 Å². The molecule has 3 atom stereocenters. The first-order valence-electron chi connectivity index (χ1n) is 14.3. The second-order valence-electron chi connectivity index (χ2n) is 11.3. The van der Waals surface area contributed by atoms with Crippen molar-refractivity contribution in [2.75, 3.05) is 0 Å². The van der Waals surface area contributed by atoms with E-state index in [2.05, 4.69) is 48.3 Å². The molecule has 16 heteroatoms. The predicted octanol–water partition coefficient (Wildman–Crippen LogP) is 4.30. The van der Waals surface area contributed by atoms with Gasteiger partial charge in [-0.1, -0.05) is 12.7 Å². The highest BCUT2D eigenvalue weighted by atomic mass is 19.4. The van der Waals surface area contributed by atoms with Gasteiger partial charge in [-0.05, 0) is 62.5 Å². The molecule has 3 N–H and O–H groups in total. The average molecular weight is 643 g/mol. The van der Waals surface area contributed by atoms with Gasteiger partial charge in [-0.3, -0.25) is 4.79 Å². The van der Waals surface area contributed by atoms with Crippen LogP contribution < -0.4 is 15.3 Å². The summed E-state index contributed by atoms with van der Waals surface area (Å²) in [5, 5.41) is 37.2. The molecule has 1 fully saturated rings. The van der Waals surface area contributed by atoms with Crippen LogP contribution in [0, 0.1) is 23.2 Å². The molecule has 2 aromatic heterocycles. The van der Waals surface area contributed by atoms with Crippen molar-refractivity contribution in [3.63, 3.8) is 0 Å². The monoisotopic (exact) mass is 642 g/mol. The Morgan fingerprint density at radius 3 is 2.65 bits per heavy atom. The number of aromatic nitrogens is 3. The smallest absolute Gasteiger partial charge is 0.466 e. The average Bonchev–Trinajstić information content (AvgIpc) is 3.59. The van der Waals surface area contributed by atoms with Gasteiger partial charge in [0.1, 0.15) is 5.11 Å². The topological polar surface area (TPSA) is 155 Å². The van der Waals surface area contributed by atoms with E-state index in [1.54, 1.807) is 25.1 Å². The Morgan fingerprint density at radius 1 is 1.26 bits per heavy atom. The van der Waals surface area contributed by atoms with E-state index >= 15 is 0 Å². The van der Waals surface area contributed by atoms with Gasteiger partial charge in [-0.25, -0.2) is 14.3 Å². The quantitative estimate of drug-likeness (QED) is 0.245. The molecule has 3 heterocycles. The minimum atomic E-state index is -5.88. The van der Waals surface area contributed by atoms with Gasteiger partial charge in [0.05, 0.1) is 46.6 Å². The first-order valence-corrected chi connectivity index (χ1v) is 14.3. The van der Waals surface area contributed by atoms with E-state index in [0.29, 0.717) is 28.5 Å². The maximum atomic E-state index is 13.6. The van der Waals surface area contributed by atoms with Crippen LogP contribution in [0.15, 0.2) is 64.5 Å². The molecule has 1 amide bonds. The van der Waals surface area contributed by atoms with Gasteiger partial charge in [-0.2, -0.15) is 32.3 Å². The largest absolute Gasteiger partial charge is 0.504 e. The third kappa shape index (κ3) is 6.59. The van der Waals surface area contributed by atoms with Crippen LogP contribution in [0.4, 0.5) is 22.0 Å². The van der Waals surface area contributed by atoms with Gasteiger partial charge in [-0.15, -0.1) is 0 Å². The van der Waals surface area contributed by atoms with Crippen molar-refractivity contribution >= 4 is 23.3 Å². The number of amides is 1. The van der Waals surface area contributed by atoms with Crippen LogP contribution in [0.25, 0.3) is 11.5 Å². The highest BCUT2D eigenvalue weighted by Crippen LogP contribution is 2.37. The molecular weight excluding hydrogens is 613 g/mol. The fraction of sp³-hybridized carbons (Fsp3) is 0.400. The highest BCUT2D eigenvalue weighted by molar-refractivity contribution is 5.99. The number of alkyl halides is 5. The molecule has 0 spiro atoms. The van der Waals surface area contributed by atoms with Crippen molar-refractivity contribution in [2.24, 2.45) is 22.1 Å². The van der Waals surface area contributed by atoms with Crippen molar-refractivity contribution in [1.82, 2.24) is 30.1 Å². The fourth-order valence-electron chi connectivity index (χ4n) is 5.11. The standard InChI is InChI=1S/C30H28F5N9O2/c1-15-11-18(14-36)12-21(27(46)39-16(2)19-6-7-19)25(15)38-17(3)22-13-20(43-44(22)26-23(45)5-4-10-37-26)8-9-24-40-28(42-41-24)29(31,32)30(33,34)35/h4-5,10-13,16,19,21,25,38H,3,6-9H2,1-2H3,(H-,39,45,46)/p+1. The molecule has 2 aliphatic carbocycles. The normalized spacial score (nSPS) is 20.2. The third-order valence-electron chi connectivity index (χ3n) is 7.83. The van der Waals surface area contributed by atoms with Crippen molar-refractivity contribution in [3.05, 3.63) is 65.7 Å². The van der Waals surface area contributed by atoms with Crippen LogP contribution in [0.5, 0.6) is 5.75 Å². The van der Waals surface area contributed by atoms with Gasteiger partial charge in [0.25, 0.3) is 0 Å². The van der Waals surface area contributed by atoms with Gasteiger partial charge >= 0.3 is 23.8 Å². The molecule has 3 aliphatic rings. The van der Waals surface area contributed by atoms with Crippen molar-refractivity contribution in [2.45, 2.75) is 63.7 Å². The molecule has 0 radical (unpaired) electrons. The molecule has 11 nitrogen and oxygen atoms in total. The van der Waals surface area contributed by atoms with Crippen LogP contribution in [0.3, 0.4) is 0 Å². The van der Waals surface area contributed by atoms with Crippen LogP contribution in [-0.2, 0) is 11.2 Å². The Kier molecular flexibility index (Phi) is 8.64. The van der Waals surface area contributed by atoms with E-state index in [1.165, 1.54) is 23.0 Å². The number of aryl methyl sites for hydroxylation is 1. The molecule has 3 unspecified atom stereocenters. The molecule has 5 rings (SSSR count). The summed E-state index contributed by atoms with van der Waals surface area (Å²) in [6.07, 6.45) is 0.673. The summed E-state index contributed by atoms with van der Waals surface area (Å²) in [7, 11) is 0. The lowest BCUT2D eigenvalue weighted by atomic mass is 9.85. The lowest BCUT2D eigenvalue weighted by Gasteiger charge is -2.31. The molecule has 0 bridgehead atoms. The van der Waals surface area contributed by atoms with Crippen molar-refractivity contribution in [1.29, 1.82) is 5.26 Å². The van der Waals surface area contributed by atoms with E-state index in [-0.39, 0.29) is 47.9 Å². The van der Waals surface area contributed by atoms with Crippen LogP contribution in [0.2, 0.25) is 0 Å². The lowest BCUT2D eigenvalue weighted by Crippen LogP contribution is -2.47. The minimum Gasteiger partial charge on any atom is -0.504 e. The first kappa shape index (κ1) is 32.2. The first-order chi connectivity index (χ1) is 21.7. The molecule has 2 aromatic rings. The number of hydrogen-bond donors (Lipinski definition) is 3. The number of carbonyl (C=O) groups is 1. The maximum Gasteiger partial charge on any atom is 0.466 e. The summed E-state index contributed by atoms with van der Waals surface area (Å²) in [5.74, 6) is -8.16. The summed E-state index contributed by atoms with van der Waals surface area (Å²) >= 11 is 0. The number of nitrogens with zero attached hydrogens (tertiary/aromatic N) is 7. The molecule has 1 saturated carbocycles. The second kappa shape index (κ2) is 12.3. The number of amidine groups is 2. The zero-order valence-electron chi connectivity index (χ0n) is 24.7. The zero-order valence-corrected chi connectivity index (χ0v) is 24.7. The van der Waals surface area contributed by atoms with Gasteiger partial charge in [0.2, 0.25) is 5.91 Å². The van der Waals surface area contributed by atoms with Crippen molar-refractivity contribution in [3.8, 4) is 17.6 Å². The molecule has 0 aromatic carbocycles. The number of hydrogen-bond acceptors (Lipinski definition) is 8. The molecule has 0 saturated heterocycles. The molecular formula is C30H29F5N9O2+. The maximum absolute atomic E-state index is 13.6. The minimum absolute atomic E-state index is 0.00961. The van der Waals surface area contributed by atoms with Gasteiger partial charge < -0.3 is 15.7 Å². The predicted molar refractivity (Wildman–Crippen MR) is 157 cm³/mol. The van der Waals surface area contributed by atoms with E-state index < -0.39 is 29.9 Å². The summed E-state index contributed by atoms with van der Waals surface area (Å²) < 4.78 is 70.0. The molecule has 1 aliphatic heterocycles. The second-order valence-corrected chi connectivity index (χ2v) is 11.3. The molecule has 46 heavy (non-hydrogen) atoms. The fourth-order valence-corrected chi connectivity index (χ4v) is 5.11. The summed E-state index contributed by atoms with van der Waals surface area (Å²) in [5.41, 5.74) is 1.92. The van der Waals surface area contributed by atoms with Crippen LogP contribution in [-0.4, -0.2) is 61.6 Å². The number of aromatic hydroxyl groups is 1. The van der Waals surface area contributed by atoms with Crippen LogP contribution >= 0.6 is 0 Å². The number of rotatable bonds is 11. The Bertz CT molecular complexity index is 1770. The van der Waals surface area contributed by atoms with Crippen LogP contribution in [0.1, 0.15) is 44.5 Å². The van der Waals surface area contributed by atoms with Crippen molar-refractivity contribution < 1.29 is 31.9 Å². The zero-order chi connectivity index (χ0) is 33.4. The van der Waals surface area contributed by atoms with E-state index in [9.17, 15) is 37.1 Å². The number of allylic oxidation sites excluding steroid dienone is 2. The van der Waals surface area contributed by atoms with E-state index in [1.807, 2.05) is 6.92 Å². The third-order valence-corrected chi connectivity index (χ3v) is 7.83. The SMILES string of the molecule is C=C(NC1C(C)=CC(C#N)=CC1C(=O)NC(C)C1CC1)c1cc(CCC2=[N+]=C(C(F)(F)C(F)(F)F)N=N2)nn1-c1ncccc1O. The molecule has 240 valence electrons. The number of carbonyl (C=O) groups excluding carboxylic acids is 1. The highest BCUT2D eigenvalue weighted by Gasteiger charge is 2.67. The number of halogens is 5. The Balaban J connectivity index is 1.42. The summed E-state index contributed by atoms with van der Waals surface area (Å²) in [6, 6.07) is 5.90. The van der Waals surface area contributed by atoms with Gasteiger partial charge in [0.15, 0.2) is 11.6 Å². The number of pyridine rings is 1. The van der Waals surface area contributed by atoms with E-state index in [4.69, 9.17) is 0 Å². The lowest BCUT2D eigenvalue weighted by molar-refractivity contribution is -0.249. The summed E-state index contributed by atoms with van der Waals surface area (Å²) in [4.78, 5) is 17.6.